The lowest BCUT2D eigenvalue weighted by Crippen LogP contribution is -2.31. The van der Waals surface area contributed by atoms with Crippen LogP contribution in [0.1, 0.15) is 6.92 Å². The summed E-state index contributed by atoms with van der Waals surface area (Å²) in [6.07, 6.45) is 1.07. The first kappa shape index (κ1) is 17.7. The van der Waals surface area contributed by atoms with Gasteiger partial charge in [-0.2, -0.15) is 0 Å². The van der Waals surface area contributed by atoms with Crippen LogP contribution in [0.2, 0.25) is 0 Å². The molecule has 0 heterocycles. The van der Waals surface area contributed by atoms with E-state index in [1.165, 1.54) is 24.3 Å². The molecule has 0 aliphatic heterocycles. The molecule has 8 heteroatoms. The largest absolute Gasteiger partial charge is 0.374 e. The van der Waals surface area contributed by atoms with E-state index in [-0.39, 0.29) is 11.7 Å². The summed E-state index contributed by atoms with van der Waals surface area (Å²) in [7, 11) is -3.33. The van der Waals surface area contributed by atoms with E-state index in [0.717, 1.165) is 6.26 Å². The van der Waals surface area contributed by atoms with Gasteiger partial charge in [-0.05, 0) is 55.5 Å². The highest BCUT2D eigenvalue weighted by atomic mass is 32.2. The van der Waals surface area contributed by atoms with Crippen molar-refractivity contribution in [3.63, 3.8) is 0 Å². The van der Waals surface area contributed by atoms with Crippen LogP contribution in [0.3, 0.4) is 0 Å². The first-order chi connectivity index (χ1) is 11.2. The summed E-state index contributed by atoms with van der Waals surface area (Å²) in [6, 6.07) is 11.5. The topological polar surface area (TPSA) is 87.3 Å². The Balaban J connectivity index is 1.94. The Labute approximate surface area is 140 Å². The van der Waals surface area contributed by atoms with E-state index in [9.17, 15) is 17.6 Å². The van der Waals surface area contributed by atoms with Crippen molar-refractivity contribution in [2.24, 2.45) is 0 Å². The zero-order valence-corrected chi connectivity index (χ0v) is 14.0. The molecule has 2 aromatic carbocycles. The van der Waals surface area contributed by atoms with Crippen molar-refractivity contribution >= 4 is 33.0 Å². The Morgan fingerprint density at radius 3 is 2.00 bits per heavy atom. The van der Waals surface area contributed by atoms with Crippen LogP contribution in [0, 0.1) is 5.82 Å². The maximum atomic E-state index is 12.8. The molecular formula is C16H18FN3O3S. The highest BCUT2D eigenvalue weighted by molar-refractivity contribution is 7.92. The number of hydrogen-bond acceptors (Lipinski definition) is 4. The number of carbonyl (C=O) groups excluding carboxylic acids is 1. The Morgan fingerprint density at radius 1 is 0.958 bits per heavy atom. The SMILES string of the molecule is CC(Nc1ccc(NS(C)(=O)=O)cc1)C(=O)Nc1ccc(F)cc1. The van der Waals surface area contributed by atoms with E-state index >= 15 is 0 Å². The minimum absolute atomic E-state index is 0.278. The monoisotopic (exact) mass is 351 g/mol. The van der Waals surface area contributed by atoms with Gasteiger partial charge in [0.05, 0.1) is 6.26 Å². The lowest BCUT2D eigenvalue weighted by molar-refractivity contribution is -0.116. The fraction of sp³-hybridized carbons (Fsp3) is 0.188. The Kier molecular flexibility index (Phi) is 5.40. The molecule has 1 atom stereocenters. The van der Waals surface area contributed by atoms with Gasteiger partial charge in [0.15, 0.2) is 0 Å². The zero-order valence-electron chi connectivity index (χ0n) is 13.2. The molecule has 1 amide bonds. The van der Waals surface area contributed by atoms with Gasteiger partial charge >= 0.3 is 0 Å². The van der Waals surface area contributed by atoms with Crippen LogP contribution in [0.4, 0.5) is 21.5 Å². The van der Waals surface area contributed by atoms with Crippen molar-refractivity contribution in [1.82, 2.24) is 0 Å². The van der Waals surface area contributed by atoms with E-state index in [0.29, 0.717) is 17.1 Å². The van der Waals surface area contributed by atoms with E-state index < -0.39 is 16.1 Å². The third-order valence-corrected chi connectivity index (χ3v) is 3.68. The zero-order chi connectivity index (χ0) is 17.7. The fourth-order valence-corrected chi connectivity index (χ4v) is 2.51. The standard InChI is InChI=1S/C16H18FN3O3S/c1-11(16(21)19-14-5-3-12(17)4-6-14)18-13-7-9-15(10-8-13)20-24(2,22)23/h3-11,18,20H,1-2H3,(H,19,21). The molecular weight excluding hydrogens is 333 g/mol. The van der Waals surface area contributed by atoms with Crippen LogP contribution in [-0.4, -0.2) is 26.6 Å². The third-order valence-electron chi connectivity index (χ3n) is 3.08. The molecule has 0 saturated carbocycles. The predicted molar refractivity (Wildman–Crippen MR) is 93.0 cm³/mol. The summed E-state index contributed by atoms with van der Waals surface area (Å²) in [6.45, 7) is 1.68. The maximum absolute atomic E-state index is 12.8. The molecule has 0 saturated heterocycles. The number of anilines is 3. The van der Waals surface area contributed by atoms with Crippen molar-refractivity contribution in [3.8, 4) is 0 Å². The number of hydrogen-bond donors (Lipinski definition) is 3. The van der Waals surface area contributed by atoms with Crippen molar-refractivity contribution in [2.75, 3.05) is 21.6 Å². The number of rotatable bonds is 6. The average Bonchev–Trinajstić information content (AvgIpc) is 2.50. The molecule has 24 heavy (non-hydrogen) atoms. The number of benzene rings is 2. The number of halogens is 1. The van der Waals surface area contributed by atoms with Crippen LogP contribution in [-0.2, 0) is 14.8 Å². The normalized spacial score (nSPS) is 12.3. The molecule has 3 N–H and O–H groups in total. The van der Waals surface area contributed by atoms with Gasteiger partial charge in [0.25, 0.3) is 0 Å². The summed E-state index contributed by atoms with van der Waals surface area (Å²) in [4.78, 5) is 12.1. The molecule has 0 fully saturated rings. The second-order valence-corrected chi connectivity index (χ2v) is 7.06. The number of nitrogens with one attached hydrogen (secondary N) is 3. The molecule has 0 radical (unpaired) electrons. The molecule has 2 aromatic rings. The first-order valence-electron chi connectivity index (χ1n) is 7.14. The summed E-state index contributed by atoms with van der Waals surface area (Å²) in [5.41, 5.74) is 1.60. The maximum Gasteiger partial charge on any atom is 0.246 e. The highest BCUT2D eigenvalue weighted by Crippen LogP contribution is 2.16. The van der Waals surface area contributed by atoms with Crippen molar-refractivity contribution in [2.45, 2.75) is 13.0 Å². The van der Waals surface area contributed by atoms with Gasteiger partial charge in [-0.3, -0.25) is 9.52 Å². The molecule has 128 valence electrons. The Hall–Kier alpha value is -2.61. The van der Waals surface area contributed by atoms with Crippen LogP contribution in [0.5, 0.6) is 0 Å². The summed E-state index contributed by atoms with van der Waals surface area (Å²) in [5, 5.41) is 5.67. The van der Waals surface area contributed by atoms with Crippen LogP contribution in [0.25, 0.3) is 0 Å². The molecule has 2 rings (SSSR count). The van der Waals surface area contributed by atoms with Crippen LogP contribution < -0.4 is 15.4 Å². The van der Waals surface area contributed by atoms with Gasteiger partial charge in [-0.15, -0.1) is 0 Å². The molecule has 6 nitrogen and oxygen atoms in total. The number of carbonyl (C=O) groups is 1. The van der Waals surface area contributed by atoms with E-state index in [1.54, 1.807) is 31.2 Å². The van der Waals surface area contributed by atoms with E-state index in [1.807, 2.05) is 0 Å². The highest BCUT2D eigenvalue weighted by Gasteiger charge is 2.13. The van der Waals surface area contributed by atoms with Crippen molar-refractivity contribution in [1.29, 1.82) is 0 Å². The van der Waals surface area contributed by atoms with Gasteiger partial charge in [0, 0.05) is 17.1 Å². The summed E-state index contributed by atoms with van der Waals surface area (Å²) >= 11 is 0. The average molecular weight is 351 g/mol. The lowest BCUT2D eigenvalue weighted by atomic mass is 10.2. The van der Waals surface area contributed by atoms with E-state index in [4.69, 9.17) is 0 Å². The molecule has 0 aromatic heterocycles. The second-order valence-electron chi connectivity index (χ2n) is 5.31. The molecule has 0 aliphatic carbocycles. The second kappa shape index (κ2) is 7.31. The van der Waals surface area contributed by atoms with Crippen LogP contribution in [0.15, 0.2) is 48.5 Å². The Bertz CT molecular complexity index is 805. The predicted octanol–water partition coefficient (Wildman–Crippen LogP) is 2.64. The third kappa shape index (κ3) is 5.54. The molecule has 1 unspecified atom stereocenters. The van der Waals surface area contributed by atoms with Gasteiger partial charge in [0.1, 0.15) is 11.9 Å². The molecule has 0 spiro atoms. The van der Waals surface area contributed by atoms with Crippen LogP contribution >= 0.6 is 0 Å². The number of sulfonamides is 1. The van der Waals surface area contributed by atoms with Gasteiger partial charge in [-0.1, -0.05) is 0 Å². The summed E-state index contributed by atoms with van der Waals surface area (Å²) in [5.74, 6) is -0.651. The Morgan fingerprint density at radius 2 is 1.46 bits per heavy atom. The minimum atomic E-state index is -3.33. The number of amides is 1. The fourth-order valence-electron chi connectivity index (χ4n) is 1.95. The van der Waals surface area contributed by atoms with Crippen molar-refractivity contribution in [3.05, 3.63) is 54.3 Å². The minimum Gasteiger partial charge on any atom is -0.374 e. The van der Waals surface area contributed by atoms with Gasteiger partial charge in [-0.25, -0.2) is 12.8 Å². The lowest BCUT2D eigenvalue weighted by Gasteiger charge is -2.15. The molecule has 0 aliphatic rings. The smallest absolute Gasteiger partial charge is 0.246 e. The van der Waals surface area contributed by atoms with Gasteiger partial charge in [0.2, 0.25) is 15.9 Å². The first-order valence-corrected chi connectivity index (χ1v) is 9.03. The van der Waals surface area contributed by atoms with Crippen molar-refractivity contribution < 1.29 is 17.6 Å². The molecule has 0 bridgehead atoms. The quantitative estimate of drug-likeness (QED) is 0.747. The summed E-state index contributed by atoms with van der Waals surface area (Å²) < 4.78 is 37.5. The van der Waals surface area contributed by atoms with E-state index in [2.05, 4.69) is 15.4 Å². The van der Waals surface area contributed by atoms with Gasteiger partial charge < -0.3 is 10.6 Å².